The molecule has 64 heavy (non-hydrogen) atoms. The molecule has 0 saturated heterocycles. The van der Waals surface area contributed by atoms with E-state index in [1.165, 1.54) is 0 Å². The first-order chi connectivity index (χ1) is 31.7. The van der Waals surface area contributed by atoms with Crippen molar-refractivity contribution in [3.8, 4) is 56.4 Å². The zero-order valence-corrected chi connectivity index (χ0v) is 34.6. The predicted molar refractivity (Wildman–Crippen MR) is 264 cm³/mol. The average molecular weight is 819 g/mol. The molecule has 300 valence electrons. The van der Waals surface area contributed by atoms with Crippen LogP contribution >= 0.6 is 0 Å². The number of hydrogen-bond acceptors (Lipinski definition) is 5. The molecule has 2 aromatic heterocycles. The number of para-hydroxylation sites is 3. The summed E-state index contributed by atoms with van der Waals surface area (Å²) in [5.41, 5.74) is 12.2. The van der Waals surface area contributed by atoms with Gasteiger partial charge in [-0.25, -0.2) is 15.0 Å². The van der Waals surface area contributed by atoms with Crippen molar-refractivity contribution in [2.75, 3.05) is 4.90 Å². The second-order valence-corrected chi connectivity index (χ2v) is 16.0. The Hall–Kier alpha value is -8.67. The third-order valence-electron chi connectivity index (χ3n) is 12.1. The quantitative estimate of drug-likeness (QED) is 0.143. The monoisotopic (exact) mass is 818 g/mol. The largest absolute Gasteiger partial charge is 0.455 e. The van der Waals surface area contributed by atoms with Crippen LogP contribution in [0.25, 0.3) is 99.9 Å². The highest BCUT2D eigenvalue weighted by Gasteiger charge is 2.20. The zero-order valence-electron chi connectivity index (χ0n) is 34.6. The average Bonchev–Trinajstić information content (AvgIpc) is 3.76. The first-order valence-electron chi connectivity index (χ1n) is 21.5. The number of aromatic nitrogens is 3. The molecule has 0 amide bonds. The first kappa shape index (κ1) is 37.1. The van der Waals surface area contributed by atoms with E-state index in [1.807, 2.05) is 72.8 Å². The fourth-order valence-electron chi connectivity index (χ4n) is 8.98. The Morgan fingerprint density at radius 2 is 0.797 bits per heavy atom. The van der Waals surface area contributed by atoms with E-state index in [0.717, 1.165) is 99.5 Å². The molecule has 0 saturated carbocycles. The molecule has 0 aliphatic carbocycles. The zero-order chi connectivity index (χ0) is 42.4. The second kappa shape index (κ2) is 15.7. The van der Waals surface area contributed by atoms with Gasteiger partial charge in [0.25, 0.3) is 0 Å². The van der Waals surface area contributed by atoms with E-state index in [9.17, 15) is 0 Å². The molecule has 0 spiro atoms. The number of rotatable bonds is 8. The smallest absolute Gasteiger partial charge is 0.164 e. The van der Waals surface area contributed by atoms with Crippen molar-refractivity contribution >= 4 is 60.5 Å². The van der Waals surface area contributed by atoms with Crippen LogP contribution in [0.3, 0.4) is 0 Å². The molecule has 10 aromatic carbocycles. The number of benzene rings is 10. The van der Waals surface area contributed by atoms with Crippen LogP contribution in [0.2, 0.25) is 0 Å². The molecule has 0 aliphatic heterocycles. The van der Waals surface area contributed by atoms with Crippen molar-refractivity contribution in [3.63, 3.8) is 0 Å². The summed E-state index contributed by atoms with van der Waals surface area (Å²) >= 11 is 0. The molecule has 5 heteroatoms. The maximum atomic E-state index is 6.46. The van der Waals surface area contributed by atoms with Crippen LogP contribution in [-0.4, -0.2) is 15.0 Å². The second-order valence-electron chi connectivity index (χ2n) is 16.0. The van der Waals surface area contributed by atoms with Gasteiger partial charge in [-0.15, -0.1) is 0 Å². The molecule has 0 N–H and O–H groups in total. The third kappa shape index (κ3) is 6.64. The van der Waals surface area contributed by atoms with Crippen LogP contribution in [-0.2, 0) is 0 Å². The fourth-order valence-corrected chi connectivity index (χ4v) is 8.98. The normalized spacial score (nSPS) is 11.4. The van der Waals surface area contributed by atoms with Crippen molar-refractivity contribution in [1.29, 1.82) is 0 Å². The Balaban J connectivity index is 1.02. The van der Waals surface area contributed by atoms with Gasteiger partial charge in [-0.1, -0.05) is 188 Å². The van der Waals surface area contributed by atoms with E-state index in [0.29, 0.717) is 17.5 Å². The van der Waals surface area contributed by atoms with Gasteiger partial charge in [-0.2, -0.15) is 0 Å². The molecule has 12 rings (SSSR count). The summed E-state index contributed by atoms with van der Waals surface area (Å²) in [6.07, 6.45) is 0. The van der Waals surface area contributed by atoms with E-state index in [2.05, 4.69) is 163 Å². The molecule has 12 aromatic rings. The van der Waals surface area contributed by atoms with E-state index in [-0.39, 0.29) is 0 Å². The van der Waals surface area contributed by atoms with Crippen LogP contribution in [0.4, 0.5) is 17.1 Å². The topological polar surface area (TPSA) is 55.1 Å². The maximum absolute atomic E-state index is 6.46. The summed E-state index contributed by atoms with van der Waals surface area (Å²) in [5, 5.41) is 6.76. The van der Waals surface area contributed by atoms with E-state index >= 15 is 0 Å². The molecule has 0 bridgehead atoms. The fraction of sp³-hybridized carbons (Fsp3) is 0. The highest BCUT2D eigenvalue weighted by Crippen LogP contribution is 2.44. The lowest BCUT2D eigenvalue weighted by atomic mass is 9.97. The van der Waals surface area contributed by atoms with Gasteiger partial charge < -0.3 is 9.32 Å². The SMILES string of the molecule is c1ccc(-c2nc(-c3ccccc3)nc(-c3ccc4ccc5ccc(N(c6ccc(-c7cccc8c7oc7ccccc78)cc6)c6ccccc6-c6ccccc6)cc5c4c3)n2)cc1. The molecule has 0 fully saturated rings. The lowest BCUT2D eigenvalue weighted by molar-refractivity contribution is 0.670. The maximum Gasteiger partial charge on any atom is 0.164 e. The highest BCUT2D eigenvalue weighted by atomic mass is 16.3. The molecular formula is C59H38N4O. The van der Waals surface area contributed by atoms with Gasteiger partial charge in [-0.05, 0) is 75.1 Å². The summed E-state index contributed by atoms with van der Waals surface area (Å²) in [7, 11) is 0. The van der Waals surface area contributed by atoms with Gasteiger partial charge in [-0.3, -0.25) is 0 Å². The summed E-state index contributed by atoms with van der Waals surface area (Å²) in [4.78, 5) is 17.5. The molecular weight excluding hydrogens is 781 g/mol. The number of nitrogens with zero attached hydrogens (tertiary/aromatic N) is 4. The van der Waals surface area contributed by atoms with Crippen molar-refractivity contribution in [2.45, 2.75) is 0 Å². The Kier molecular flexibility index (Phi) is 9.08. The Morgan fingerprint density at radius 1 is 0.312 bits per heavy atom. The summed E-state index contributed by atoms with van der Waals surface area (Å²) < 4.78 is 6.46. The minimum absolute atomic E-state index is 0.625. The van der Waals surface area contributed by atoms with Crippen LogP contribution in [0.5, 0.6) is 0 Å². The van der Waals surface area contributed by atoms with Crippen molar-refractivity contribution in [3.05, 3.63) is 231 Å². The lowest BCUT2D eigenvalue weighted by Crippen LogP contribution is -2.11. The van der Waals surface area contributed by atoms with Crippen molar-refractivity contribution in [1.82, 2.24) is 15.0 Å². The van der Waals surface area contributed by atoms with E-state index in [1.54, 1.807) is 0 Å². The number of fused-ring (bicyclic) bond motifs is 6. The van der Waals surface area contributed by atoms with E-state index in [4.69, 9.17) is 19.4 Å². The van der Waals surface area contributed by atoms with Gasteiger partial charge in [0, 0.05) is 50.0 Å². The Labute approximate surface area is 370 Å². The Morgan fingerprint density at radius 3 is 1.50 bits per heavy atom. The first-order valence-corrected chi connectivity index (χ1v) is 21.5. The highest BCUT2D eigenvalue weighted by molar-refractivity contribution is 6.11. The standard InChI is InChI=1S/C59H38N4O/c1-4-15-39(16-5-1)48-21-10-12-25-54(48)63(46-34-31-40(32-35-46)49-23-14-24-51-50-22-11-13-26-55(50)64-56(49)51)47-36-33-42-28-27-41-29-30-45(37-52(41)53(42)38-47)59-61-57(43-17-6-2-7-18-43)60-58(62-59)44-19-8-3-9-20-44/h1-38H. The van der Waals surface area contributed by atoms with E-state index < -0.39 is 0 Å². The van der Waals surface area contributed by atoms with Gasteiger partial charge >= 0.3 is 0 Å². The van der Waals surface area contributed by atoms with Crippen LogP contribution in [0, 0.1) is 0 Å². The lowest BCUT2D eigenvalue weighted by Gasteiger charge is -2.28. The van der Waals surface area contributed by atoms with Gasteiger partial charge in [0.05, 0.1) is 5.69 Å². The molecule has 0 radical (unpaired) electrons. The van der Waals surface area contributed by atoms with Gasteiger partial charge in [0.2, 0.25) is 0 Å². The number of furan rings is 1. The molecule has 0 atom stereocenters. The van der Waals surface area contributed by atoms with Crippen LogP contribution in [0.1, 0.15) is 0 Å². The van der Waals surface area contributed by atoms with Gasteiger partial charge in [0.1, 0.15) is 11.2 Å². The van der Waals surface area contributed by atoms with Crippen LogP contribution in [0.15, 0.2) is 235 Å². The number of hydrogen-bond donors (Lipinski definition) is 0. The number of anilines is 3. The van der Waals surface area contributed by atoms with Crippen LogP contribution < -0.4 is 4.90 Å². The van der Waals surface area contributed by atoms with Crippen molar-refractivity contribution < 1.29 is 4.42 Å². The molecule has 2 heterocycles. The third-order valence-corrected chi connectivity index (χ3v) is 12.1. The molecule has 0 aliphatic rings. The summed E-state index contributed by atoms with van der Waals surface area (Å²) in [6, 6.07) is 80.7. The van der Waals surface area contributed by atoms with Crippen molar-refractivity contribution in [2.24, 2.45) is 0 Å². The minimum atomic E-state index is 0.625. The molecule has 5 nitrogen and oxygen atoms in total. The molecule has 0 unspecified atom stereocenters. The summed E-state index contributed by atoms with van der Waals surface area (Å²) in [5.74, 6) is 1.90. The summed E-state index contributed by atoms with van der Waals surface area (Å²) in [6.45, 7) is 0. The minimum Gasteiger partial charge on any atom is -0.455 e. The van der Waals surface area contributed by atoms with Gasteiger partial charge in [0.15, 0.2) is 17.5 Å². The Bertz CT molecular complexity index is 3600. The predicted octanol–water partition coefficient (Wildman–Crippen LogP) is 15.9.